The number of nitrogens with two attached hydrogens (primary N) is 1. The molecule has 0 aliphatic carbocycles. The van der Waals surface area contributed by atoms with Gasteiger partial charge < -0.3 is 5.73 Å². The lowest BCUT2D eigenvalue weighted by molar-refractivity contribution is 0.922. The van der Waals surface area contributed by atoms with E-state index in [1.807, 2.05) is 48.7 Å². The summed E-state index contributed by atoms with van der Waals surface area (Å²) in [5.74, 6) is 0. The van der Waals surface area contributed by atoms with Crippen molar-refractivity contribution in [3.05, 3.63) is 48.5 Å². The second kappa shape index (κ2) is 4.38. The van der Waals surface area contributed by atoms with Crippen molar-refractivity contribution >= 4 is 28.5 Å². The Balaban J connectivity index is 2.29. The largest absolute Gasteiger partial charge is 0.399 e. The maximum Gasteiger partial charge on any atom is 0.173 e. The van der Waals surface area contributed by atoms with Crippen molar-refractivity contribution in [1.29, 1.82) is 0 Å². The lowest BCUT2D eigenvalue weighted by atomic mass is 10.2. The highest BCUT2D eigenvalue weighted by Crippen LogP contribution is 2.26. The van der Waals surface area contributed by atoms with Crippen molar-refractivity contribution in [1.82, 2.24) is 9.55 Å². The molecule has 0 aliphatic rings. The Bertz CT molecular complexity index is 686. The fourth-order valence-corrected chi connectivity index (χ4v) is 2.59. The Hall–Kier alpha value is -1.94. The zero-order valence-electron chi connectivity index (χ0n) is 10.00. The number of imidazole rings is 1. The molecule has 0 unspecified atom stereocenters. The van der Waals surface area contributed by atoms with Crippen LogP contribution in [0.3, 0.4) is 0 Å². The maximum atomic E-state index is 5.73. The van der Waals surface area contributed by atoms with Crippen LogP contribution in [0.2, 0.25) is 0 Å². The average Bonchev–Trinajstić information content (AvgIpc) is 2.78. The summed E-state index contributed by atoms with van der Waals surface area (Å²) in [4.78, 5) is 4.62. The van der Waals surface area contributed by atoms with E-state index in [2.05, 4.69) is 15.6 Å². The number of benzene rings is 2. The van der Waals surface area contributed by atoms with Crippen molar-refractivity contribution in [2.24, 2.45) is 0 Å². The van der Waals surface area contributed by atoms with Crippen LogP contribution < -0.4 is 5.73 Å². The predicted octanol–water partition coefficient (Wildman–Crippen LogP) is 3.33. The van der Waals surface area contributed by atoms with E-state index in [0.29, 0.717) is 0 Å². The molecule has 3 nitrogen and oxygen atoms in total. The summed E-state index contributed by atoms with van der Waals surface area (Å²) >= 11 is 1.64. The van der Waals surface area contributed by atoms with Gasteiger partial charge in [-0.25, -0.2) is 4.98 Å². The molecular weight excluding hydrogens is 242 g/mol. The summed E-state index contributed by atoms with van der Waals surface area (Å²) in [5.41, 5.74) is 9.72. The van der Waals surface area contributed by atoms with Crippen LogP contribution in [-0.4, -0.2) is 15.8 Å². The van der Waals surface area contributed by atoms with Crippen molar-refractivity contribution in [3.8, 4) is 5.69 Å². The highest BCUT2D eigenvalue weighted by molar-refractivity contribution is 7.98. The van der Waals surface area contributed by atoms with E-state index in [1.54, 1.807) is 11.8 Å². The lowest BCUT2D eigenvalue weighted by Crippen LogP contribution is -1.96. The fourth-order valence-electron chi connectivity index (χ4n) is 2.01. The highest BCUT2D eigenvalue weighted by Gasteiger charge is 2.10. The van der Waals surface area contributed by atoms with Crippen LogP contribution in [0.25, 0.3) is 16.7 Å². The van der Waals surface area contributed by atoms with Crippen LogP contribution in [0.5, 0.6) is 0 Å². The van der Waals surface area contributed by atoms with Crippen LogP contribution >= 0.6 is 11.8 Å². The van der Waals surface area contributed by atoms with Gasteiger partial charge in [-0.3, -0.25) is 4.57 Å². The summed E-state index contributed by atoms with van der Waals surface area (Å²) in [5, 5.41) is 0.987. The molecule has 3 rings (SSSR count). The van der Waals surface area contributed by atoms with Gasteiger partial charge in [0.25, 0.3) is 0 Å². The van der Waals surface area contributed by atoms with Gasteiger partial charge >= 0.3 is 0 Å². The van der Waals surface area contributed by atoms with Gasteiger partial charge in [-0.05, 0) is 42.7 Å². The van der Waals surface area contributed by atoms with Crippen molar-refractivity contribution in [2.45, 2.75) is 5.16 Å². The van der Waals surface area contributed by atoms with Gasteiger partial charge in [0, 0.05) is 11.4 Å². The molecule has 18 heavy (non-hydrogen) atoms. The second-order valence-corrected chi connectivity index (χ2v) is 4.79. The molecule has 0 aliphatic heterocycles. The number of anilines is 1. The molecule has 3 aromatic rings. The molecular formula is C14H13N3S. The van der Waals surface area contributed by atoms with E-state index in [1.165, 1.54) is 0 Å². The Morgan fingerprint density at radius 2 is 1.78 bits per heavy atom. The Morgan fingerprint density at radius 3 is 2.50 bits per heavy atom. The van der Waals surface area contributed by atoms with Gasteiger partial charge in [-0.1, -0.05) is 23.9 Å². The minimum atomic E-state index is 0.772. The molecule has 0 fully saturated rings. The molecule has 0 radical (unpaired) electrons. The monoisotopic (exact) mass is 255 g/mol. The number of thioether (sulfide) groups is 1. The lowest BCUT2D eigenvalue weighted by Gasteiger charge is -2.07. The SMILES string of the molecule is CSc1nc2ccccc2n1-c1ccc(N)cc1. The summed E-state index contributed by atoms with van der Waals surface area (Å²) in [7, 11) is 0. The number of nitrogens with zero attached hydrogens (tertiary/aromatic N) is 2. The molecule has 1 heterocycles. The molecule has 0 spiro atoms. The average molecular weight is 255 g/mol. The van der Waals surface area contributed by atoms with Gasteiger partial charge in [0.2, 0.25) is 0 Å². The highest BCUT2D eigenvalue weighted by atomic mass is 32.2. The predicted molar refractivity (Wildman–Crippen MR) is 77.3 cm³/mol. The smallest absolute Gasteiger partial charge is 0.173 e. The number of rotatable bonds is 2. The third-order valence-electron chi connectivity index (χ3n) is 2.86. The van der Waals surface area contributed by atoms with Crippen LogP contribution in [-0.2, 0) is 0 Å². The normalized spacial score (nSPS) is 10.9. The summed E-state index contributed by atoms with van der Waals surface area (Å²) in [6.07, 6.45) is 2.04. The third-order valence-corrected chi connectivity index (χ3v) is 3.50. The molecule has 1 aromatic heterocycles. The molecule has 4 heteroatoms. The van der Waals surface area contributed by atoms with Gasteiger partial charge in [-0.15, -0.1) is 0 Å². The molecule has 0 bridgehead atoms. The van der Waals surface area contributed by atoms with E-state index in [0.717, 1.165) is 27.6 Å². The van der Waals surface area contributed by atoms with Crippen molar-refractivity contribution < 1.29 is 0 Å². The number of nitrogen functional groups attached to an aromatic ring is 1. The Kier molecular flexibility index (Phi) is 2.72. The van der Waals surface area contributed by atoms with Gasteiger partial charge in [0.15, 0.2) is 5.16 Å². The summed E-state index contributed by atoms with van der Waals surface area (Å²) in [6.45, 7) is 0. The van der Waals surface area contributed by atoms with Crippen LogP contribution in [0.15, 0.2) is 53.7 Å². The van der Waals surface area contributed by atoms with Gasteiger partial charge in [0.1, 0.15) is 0 Å². The van der Waals surface area contributed by atoms with E-state index >= 15 is 0 Å². The maximum absolute atomic E-state index is 5.73. The third kappa shape index (κ3) is 1.75. The first-order chi connectivity index (χ1) is 8.79. The van der Waals surface area contributed by atoms with Crippen LogP contribution in [0.1, 0.15) is 0 Å². The van der Waals surface area contributed by atoms with E-state index in [-0.39, 0.29) is 0 Å². The van der Waals surface area contributed by atoms with Crippen LogP contribution in [0.4, 0.5) is 5.69 Å². The number of hydrogen-bond acceptors (Lipinski definition) is 3. The van der Waals surface area contributed by atoms with Crippen molar-refractivity contribution in [2.75, 3.05) is 12.0 Å². The zero-order valence-corrected chi connectivity index (χ0v) is 10.8. The molecule has 90 valence electrons. The molecule has 0 amide bonds. The number of hydrogen-bond donors (Lipinski definition) is 1. The van der Waals surface area contributed by atoms with E-state index in [4.69, 9.17) is 5.73 Å². The summed E-state index contributed by atoms with van der Waals surface area (Å²) in [6, 6.07) is 16.0. The van der Waals surface area contributed by atoms with Crippen LogP contribution in [0, 0.1) is 0 Å². The number of para-hydroxylation sites is 2. The minimum Gasteiger partial charge on any atom is -0.399 e. The molecule has 2 aromatic carbocycles. The number of fused-ring (bicyclic) bond motifs is 1. The van der Waals surface area contributed by atoms with E-state index in [9.17, 15) is 0 Å². The fraction of sp³-hybridized carbons (Fsp3) is 0.0714. The quantitative estimate of drug-likeness (QED) is 0.564. The number of aromatic nitrogens is 2. The Morgan fingerprint density at radius 1 is 1.06 bits per heavy atom. The standard InChI is InChI=1S/C14H13N3S/c1-18-14-16-12-4-2-3-5-13(12)17(14)11-8-6-10(15)7-9-11/h2-9H,15H2,1H3. The topological polar surface area (TPSA) is 43.8 Å². The first-order valence-corrected chi connectivity index (χ1v) is 6.89. The first-order valence-electron chi connectivity index (χ1n) is 5.67. The van der Waals surface area contributed by atoms with Crippen molar-refractivity contribution in [3.63, 3.8) is 0 Å². The molecule has 2 N–H and O–H groups in total. The van der Waals surface area contributed by atoms with E-state index < -0.39 is 0 Å². The molecule has 0 saturated carbocycles. The first kappa shape index (κ1) is 11.2. The zero-order chi connectivity index (χ0) is 12.5. The Labute approximate surface area is 110 Å². The molecule has 0 saturated heterocycles. The van der Waals surface area contributed by atoms with Gasteiger partial charge in [-0.2, -0.15) is 0 Å². The molecule has 0 atom stereocenters. The van der Waals surface area contributed by atoms with Gasteiger partial charge in [0.05, 0.1) is 11.0 Å². The minimum absolute atomic E-state index is 0.772. The summed E-state index contributed by atoms with van der Waals surface area (Å²) < 4.78 is 2.15. The second-order valence-electron chi connectivity index (χ2n) is 4.01.